The van der Waals surface area contributed by atoms with E-state index in [2.05, 4.69) is 46.0 Å². The van der Waals surface area contributed by atoms with Gasteiger partial charge in [0.15, 0.2) is 0 Å². The third-order valence-corrected chi connectivity index (χ3v) is 13.2. The molecule has 0 atom stereocenters. The average molecular weight is 513 g/mol. The molecular weight excluding hydrogens is 478 g/mol. The van der Waals surface area contributed by atoms with Crippen molar-refractivity contribution in [2.45, 2.75) is 50.4 Å². The van der Waals surface area contributed by atoms with Crippen LogP contribution >= 0.6 is 0 Å². The van der Waals surface area contributed by atoms with Crippen LogP contribution in [0.15, 0.2) is 36.9 Å². The van der Waals surface area contributed by atoms with Crippen molar-refractivity contribution in [3.8, 4) is 0 Å². The minimum absolute atomic E-state index is 0. The Hall–Kier alpha value is -1.53. The topological polar surface area (TPSA) is 113 Å². The fraction of sp³-hybridized carbons (Fsp3) is 0.500. The van der Waals surface area contributed by atoms with E-state index in [9.17, 15) is 19.8 Å². The second kappa shape index (κ2) is 13.9. The van der Waals surface area contributed by atoms with Crippen molar-refractivity contribution in [3.05, 3.63) is 48.0 Å². The molecule has 2 aliphatic rings. The number of carboxylic acid groups (broad SMARTS) is 2. The molecule has 2 aromatic heterocycles. The van der Waals surface area contributed by atoms with Gasteiger partial charge in [0.2, 0.25) is 0 Å². The number of hydrogen-bond acceptors (Lipinski definition) is 8. The number of nitrogens with zero attached hydrogens (tertiary/aromatic N) is 4. The van der Waals surface area contributed by atoms with E-state index < -0.39 is 28.1 Å². The van der Waals surface area contributed by atoms with Gasteiger partial charge in [0.1, 0.15) is 0 Å². The summed E-state index contributed by atoms with van der Waals surface area (Å²) in [4.78, 5) is 33.9. The van der Waals surface area contributed by atoms with E-state index in [0.717, 1.165) is 37.6 Å². The third kappa shape index (κ3) is 9.41. The van der Waals surface area contributed by atoms with Crippen LogP contribution in [-0.2, 0) is 0 Å². The van der Waals surface area contributed by atoms with Crippen molar-refractivity contribution in [3.63, 3.8) is 0 Å². The second-order valence-corrected chi connectivity index (χ2v) is 21.4. The molecule has 2 aliphatic heterocycles. The number of carbonyl (C=O) groups excluding carboxylic acids is 2. The van der Waals surface area contributed by atoms with Crippen molar-refractivity contribution in [2.75, 3.05) is 36.0 Å². The van der Waals surface area contributed by atoms with Crippen molar-refractivity contribution in [1.82, 2.24) is 9.97 Å². The molecule has 0 radical (unpaired) electrons. The van der Waals surface area contributed by atoms with Gasteiger partial charge in [0, 0.05) is 49.7 Å². The smallest absolute Gasteiger partial charge is 0.545 e. The van der Waals surface area contributed by atoms with Gasteiger partial charge < -0.3 is 29.6 Å². The Kier molecular flexibility index (Phi) is 12.5. The first-order chi connectivity index (χ1) is 16.0. The molecule has 0 saturated carbocycles. The van der Waals surface area contributed by atoms with Crippen LogP contribution < -0.4 is 57.7 Å². The standard InChI is InChI=1S/2C12H18N2O2Si.2Li/c2*1-17(2)5-3-14(4-6-17)11-7-10(12(15)16)8-13-9-11;;/h2*7-9H,3-6H2,1-2H3,(H,15,16);;/q;;2*+1/p-2. The molecule has 8 nitrogen and oxygen atoms in total. The van der Waals surface area contributed by atoms with Crippen LogP contribution in [-0.4, -0.2) is 64.2 Å². The molecule has 0 spiro atoms. The molecule has 0 amide bonds. The molecule has 36 heavy (non-hydrogen) atoms. The number of aromatic carboxylic acids is 2. The summed E-state index contributed by atoms with van der Waals surface area (Å²) in [5.74, 6) is -2.32. The summed E-state index contributed by atoms with van der Waals surface area (Å²) in [6.45, 7) is 13.7. The molecule has 0 unspecified atom stereocenters. The first kappa shape index (κ1) is 32.5. The Morgan fingerprint density at radius 2 is 0.972 bits per heavy atom. The summed E-state index contributed by atoms with van der Waals surface area (Å²) in [6, 6.07) is 8.32. The zero-order chi connectivity index (χ0) is 24.9. The summed E-state index contributed by atoms with van der Waals surface area (Å²) in [5, 5.41) is 21.6. The summed E-state index contributed by atoms with van der Waals surface area (Å²) in [5.41, 5.74) is 2.11. The van der Waals surface area contributed by atoms with Gasteiger partial charge in [0.25, 0.3) is 0 Å². The van der Waals surface area contributed by atoms with E-state index in [1.807, 2.05) is 0 Å². The maximum absolute atomic E-state index is 10.8. The molecule has 2 saturated heterocycles. The van der Waals surface area contributed by atoms with Gasteiger partial charge in [-0.05, 0) is 36.3 Å². The number of anilines is 2. The van der Waals surface area contributed by atoms with E-state index in [0.29, 0.717) is 0 Å². The van der Waals surface area contributed by atoms with Crippen molar-refractivity contribution in [1.29, 1.82) is 0 Å². The van der Waals surface area contributed by atoms with Gasteiger partial charge in [-0.3, -0.25) is 9.97 Å². The van der Waals surface area contributed by atoms with Crippen molar-refractivity contribution in [2.24, 2.45) is 0 Å². The van der Waals surface area contributed by atoms with Crippen LogP contribution in [0, 0.1) is 0 Å². The summed E-state index contributed by atoms with van der Waals surface area (Å²) >= 11 is 0. The molecule has 0 N–H and O–H groups in total. The minimum Gasteiger partial charge on any atom is -0.545 e. The molecule has 2 fully saturated rings. The van der Waals surface area contributed by atoms with Crippen LogP contribution in [0.1, 0.15) is 20.7 Å². The number of hydrogen-bond donors (Lipinski definition) is 0. The number of carboxylic acids is 2. The fourth-order valence-electron chi connectivity index (χ4n) is 4.17. The molecular formula is C24H34Li2N4O4Si2. The zero-order valence-corrected chi connectivity index (χ0v) is 24.5. The first-order valence-corrected chi connectivity index (χ1v) is 18.6. The SMILES string of the molecule is C[Si]1(C)CCN(c2cncc(C(=O)[O-])c2)CC1.C[Si]1(C)CCN(c2cncc(C(=O)[O-])c2)CC1.[Li+].[Li+]. The van der Waals surface area contributed by atoms with E-state index in [1.54, 1.807) is 24.5 Å². The number of aromatic nitrogens is 2. The fourth-order valence-corrected chi connectivity index (χ4v) is 8.17. The van der Waals surface area contributed by atoms with Gasteiger partial charge in [-0.2, -0.15) is 0 Å². The summed E-state index contributed by atoms with van der Waals surface area (Å²) in [7, 11) is -1.98. The molecule has 0 bridgehead atoms. The largest absolute Gasteiger partial charge is 1.00 e. The van der Waals surface area contributed by atoms with Gasteiger partial charge >= 0.3 is 37.7 Å². The number of pyridine rings is 2. The van der Waals surface area contributed by atoms with Gasteiger partial charge in [0.05, 0.1) is 51.9 Å². The van der Waals surface area contributed by atoms with Crippen molar-refractivity contribution >= 4 is 39.5 Å². The minimum atomic E-state index is -1.16. The van der Waals surface area contributed by atoms with Gasteiger partial charge in [-0.15, -0.1) is 0 Å². The molecule has 4 rings (SSSR count). The Morgan fingerprint density at radius 1 is 0.667 bits per heavy atom. The Labute approximate surface area is 240 Å². The molecule has 4 heterocycles. The van der Waals surface area contributed by atoms with Crippen LogP contribution in [0.4, 0.5) is 11.4 Å². The van der Waals surface area contributed by atoms with E-state index >= 15 is 0 Å². The van der Waals surface area contributed by atoms with E-state index in [4.69, 9.17) is 0 Å². The third-order valence-electron chi connectivity index (χ3n) is 6.88. The number of carbonyl (C=O) groups is 2. The average Bonchev–Trinajstić information content (AvgIpc) is 2.79. The zero-order valence-electron chi connectivity index (χ0n) is 22.5. The van der Waals surface area contributed by atoms with Crippen LogP contribution in [0.3, 0.4) is 0 Å². The molecule has 184 valence electrons. The van der Waals surface area contributed by atoms with Crippen molar-refractivity contribution < 1.29 is 57.5 Å². The summed E-state index contributed by atoms with van der Waals surface area (Å²) in [6.07, 6.45) is 6.13. The van der Waals surface area contributed by atoms with E-state index in [1.165, 1.54) is 36.6 Å². The molecule has 0 aliphatic carbocycles. The quantitative estimate of drug-likeness (QED) is 0.381. The Bertz CT molecular complexity index is 941. The predicted octanol–water partition coefficient (Wildman–Crippen LogP) is -4.04. The predicted molar refractivity (Wildman–Crippen MR) is 136 cm³/mol. The van der Waals surface area contributed by atoms with Crippen LogP contribution in [0.5, 0.6) is 0 Å². The number of rotatable bonds is 4. The maximum Gasteiger partial charge on any atom is 1.00 e. The Morgan fingerprint density at radius 3 is 1.25 bits per heavy atom. The first-order valence-electron chi connectivity index (χ1n) is 11.8. The summed E-state index contributed by atoms with van der Waals surface area (Å²) < 4.78 is 0. The Balaban J connectivity index is 0.000000341. The monoisotopic (exact) mass is 512 g/mol. The molecule has 0 aromatic carbocycles. The van der Waals surface area contributed by atoms with Gasteiger partial charge in [-0.1, -0.05) is 26.2 Å². The molecule has 12 heteroatoms. The van der Waals surface area contributed by atoms with E-state index in [-0.39, 0.29) is 48.8 Å². The van der Waals surface area contributed by atoms with Crippen LogP contribution in [0.2, 0.25) is 50.4 Å². The van der Waals surface area contributed by atoms with Gasteiger partial charge in [-0.25, -0.2) is 0 Å². The second-order valence-electron chi connectivity index (χ2n) is 10.7. The normalized spacial score (nSPS) is 18.0. The maximum atomic E-state index is 10.8. The molecule has 2 aromatic rings. The van der Waals surface area contributed by atoms with Crippen LogP contribution in [0.25, 0.3) is 0 Å².